The summed E-state index contributed by atoms with van der Waals surface area (Å²) < 4.78 is 2.01. The smallest absolute Gasteiger partial charge is 0.206 e. The number of thiazole rings is 1. The van der Waals surface area contributed by atoms with Gasteiger partial charge in [-0.1, -0.05) is 35.9 Å². The summed E-state index contributed by atoms with van der Waals surface area (Å²) in [4.78, 5) is 5.53. The predicted molar refractivity (Wildman–Crippen MR) is 94.4 cm³/mol. The first-order valence-corrected chi connectivity index (χ1v) is 8.61. The lowest BCUT2D eigenvalue weighted by molar-refractivity contribution is 0.828. The van der Waals surface area contributed by atoms with Crippen molar-refractivity contribution in [3.63, 3.8) is 0 Å². The van der Waals surface area contributed by atoms with Crippen molar-refractivity contribution >= 4 is 17.0 Å². The summed E-state index contributed by atoms with van der Waals surface area (Å²) in [5, 5.41) is 7.03. The summed E-state index contributed by atoms with van der Waals surface area (Å²) in [5.74, 6) is 0. The van der Waals surface area contributed by atoms with Gasteiger partial charge in [-0.05, 0) is 32.6 Å². The molecule has 1 heterocycles. The average molecular weight is 311 g/mol. The van der Waals surface area contributed by atoms with Crippen molar-refractivity contribution in [2.24, 2.45) is 10.1 Å². The number of hydrogen-bond acceptors (Lipinski definition) is 3. The van der Waals surface area contributed by atoms with Crippen LogP contribution in [0.15, 0.2) is 52.4 Å². The second kappa shape index (κ2) is 6.88. The van der Waals surface area contributed by atoms with Crippen LogP contribution in [0.1, 0.15) is 31.2 Å². The summed E-state index contributed by atoms with van der Waals surface area (Å²) in [6.07, 6.45) is 6.54. The van der Waals surface area contributed by atoms with Crippen molar-refractivity contribution in [2.45, 2.75) is 32.6 Å². The van der Waals surface area contributed by atoms with E-state index in [1.165, 1.54) is 29.7 Å². The zero-order chi connectivity index (χ0) is 15.4. The van der Waals surface area contributed by atoms with E-state index >= 15 is 0 Å². The van der Waals surface area contributed by atoms with Gasteiger partial charge in [-0.3, -0.25) is 4.99 Å². The highest BCUT2D eigenvalue weighted by Gasteiger charge is 2.12. The maximum absolute atomic E-state index is 4.89. The third-order valence-electron chi connectivity index (χ3n) is 3.81. The zero-order valence-electron chi connectivity index (χ0n) is 13.0. The van der Waals surface area contributed by atoms with Crippen LogP contribution < -0.4 is 4.80 Å². The van der Waals surface area contributed by atoms with Crippen molar-refractivity contribution in [3.8, 4) is 11.3 Å². The first-order chi connectivity index (χ1) is 10.8. The Balaban J connectivity index is 2.09. The van der Waals surface area contributed by atoms with E-state index in [-0.39, 0.29) is 0 Å². The van der Waals surface area contributed by atoms with Crippen LogP contribution in [0, 0.1) is 6.92 Å². The molecule has 0 bridgehead atoms. The molecule has 2 aromatic rings. The molecule has 1 aliphatic rings. The van der Waals surface area contributed by atoms with Crippen molar-refractivity contribution in [3.05, 3.63) is 52.7 Å². The topological polar surface area (TPSA) is 29.6 Å². The molecule has 22 heavy (non-hydrogen) atoms. The molecule has 3 rings (SSSR count). The van der Waals surface area contributed by atoms with E-state index in [1.807, 2.05) is 10.8 Å². The highest BCUT2D eigenvalue weighted by Crippen LogP contribution is 2.22. The van der Waals surface area contributed by atoms with Crippen LogP contribution in [0.2, 0.25) is 0 Å². The Bertz CT molecular complexity index is 739. The number of hydrogen-bond donors (Lipinski definition) is 0. The van der Waals surface area contributed by atoms with Gasteiger partial charge in [-0.25, -0.2) is 4.68 Å². The molecule has 1 aliphatic carbocycles. The van der Waals surface area contributed by atoms with Gasteiger partial charge in [-0.2, -0.15) is 5.10 Å². The minimum Gasteiger partial charge on any atom is -0.253 e. The Morgan fingerprint density at radius 3 is 2.64 bits per heavy atom. The Hall–Kier alpha value is -1.94. The van der Waals surface area contributed by atoms with Gasteiger partial charge < -0.3 is 0 Å². The van der Waals surface area contributed by atoms with E-state index in [1.54, 1.807) is 11.3 Å². The van der Waals surface area contributed by atoms with Crippen LogP contribution in [0.5, 0.6) is 0 Å². The minimum atomic E-state index is 0.624. The lowest BCUT2D eigenvalue weighted by atomic mass is 10.1. The van der Waals surface area contributed by atoms with Gasteiger partial charge in [0, 0.05) is 16.7 Å². The SMILES string of the molecule is C=CCN=c1scc(-c2ccc(C)cc2)n1N=C1CCCC1. The number of aryl methyl sites for hydroxylation is 1. The van der Waals surface area contributed by atoms with E-state index in [4.69, 9.17) is 5.10 Å². The normalized spacial score (nSPS) is 15.3. The maximum atomic E-state index is 4.89. The third kappa shape index (κ3) is 3.28. The van der Waals surface area contributed by atoms with E-state index in [0.717, 1.165) is 23.3 Å². The highest BCUT2D eigenvalue weighted by atomic mass is 32.1. The van der Waals surface area contributed by atoms with E-state index in [0.29, 0.717) is 6.54 Å². The molecule has 0 radical (unpaired) electrons. The zero-order valence-corrected chi connectivity index (χ0v) is 13.8. The highest BCUT2D eigenvalue weighted by molar-refractivity contribution is 7.07. The Morgan fingerprint density at radius 1 is 1.23 bits per heavy atom. The first kappa shape index (κ1) is 15.0. The van der Waals surface area contributed by atoms with Crippen molar-refractivity contribution in [2.75, 3.05) is 6.54 Å². The van der Waals surface area contributed by atoms with Gasteiger partial charge >= 0.3 is 0 Å². The Morgan fingerprint density at radius 2 is 1.95 bits per heavy atom. The minimum absolute atomic E-state index is 0.624. The molecule has 114 valence electrons. The van der Waals surface area contributed by atoms with Crippen LogP contribution >= 0.6 is 11.3 Å². The van der Waals surface area contributed by atoms with Crippen LogP contribution in [-0.4, -0.2) is 16.9 Å². The summed E-state index contributed by atoms with van der Waals surface area (Å²) in [5.41, 5.74) is 4.85. The number of nitrogens with zero attached hydrogens (tertiary/aromatic N) is 3. The molecule has 1 saturated carbocycles. The van der Waals surface area contributed by atoms with Gasteiger partial charge in [0.25, 0.3) is 0 Å². The monoisotopic (exact) mass is 311 g/mol. The number of benzene rings is 1. The molecule has 1 aromatic heterocycles. The molecule has 0 atom stereocenters. The van der Waals surface area contributed by atoms with Gasteiger partial charge in [0.2, 0.25) is 4.80 Å². The molecule has 0 aliphatic heterocycles. The molecule has 0 saturated heterocycles. The first-order valence-electron chi connectivity index (χ1n) is 7.73. The van der Waals surface area contributed by atoms with Crippen LogP contribution in [-0.2, 0) is 0 Å². The van der Waals surface area contributed by atoms with E-state index in [2.05, 4.69) is 48.1 Å². The summed E-state index contributed by atoms with van der Waals surface area (Å²) in [6.45, 7) is 6.48. The van der Waals surface area contributed by atoms with Gasteiger partial charge in [0.05, 0.1) is 12.2 Å². The Kier molecular flexibility index (Phi) is 4.68. The van der Waals surface area contributed by atoms with Crippen LogP contribution in [0.25, 0.3) is 11.3 Å². The summed E-state index contributed by atoms with van der Waals surface area (Å²) in [6, 6.07) is 8.58. The molecular weight excluding hydrogens is 290 g/mol. The second-order valence-electron chi connectivity index (χ2n) is 5.58. The standard InChI is InChI=1S/C18H21N3S/c1-3-12-19-18-21(20-16-6-4-5-7-16)17(13-22-18)15-10-8-14(2)9-11-15/h3,8-11,13H,1,4-7,12H2,2H3. The summed E-state index contributed by atoms with van der Waals surface area (Å²) >= 11 is 1.64. The van der Waals surface area contributed by atoms with Crippen LogP contribution in [0.3, 0.4) is 0 Å². The molecule has 0 amide bonds. The fourth-order valence-corrected chi connectivity index (χ4v) is 3.44. The number of rotatable bonds is 4. The molecular formula is C18H21N3S. The fraction of sp³-hybridized carbons (Fsp3) is 0.333. The second-order valence-corrected chi connectivity index (χ2v) is 6.42. The molecule has 0 unspecified atom stereocenters. The van der Waals surface area contributed by atoms with E-state index < -0.39 is 0 Å². The molecule has 1 aromatic carbocycles. The van der Waals surface area contributed by atoms with Gasteiger partial charge in [0.15, 0.2) is 0 Å². The van der Waals surface area contributed by atoms with Crippen molar-refractivity contribution in [1.82, 2.24) is 4.68 Å². The maximum Gasteiger partial charge on any atom is 0.206 e. The lowest BCUT2D eigenvalue weighted by Gasteiger charge is -2.05. The number of aromatic nitrogens is 1. The largest absolute Gasteiger partial charge is 0.253 e. The average Bonchev–Trinajstić information content (AvgIpc) is 3.17. The van der Waals surface area contributed by atoms with Gasteiger partial charge in [0.1, 0.15) is 0 Å². The van der Waals surface area contributed by atoms with Crippen molar-refractivity contribution in [1.29, 1.82) is 0 Å². The molecule has 1 fully saturated rings. The van der Waals surface area contributed by atoms with E-state index in [9.17, 15) is 0 Å². The van der Waals surface area contributed by atoms with Crippen molar-refractivity contribution < 1.29 is 0 Å². The quantitative estimate of drug-likeness (QED) is 0.750. The molecule has 0 spiro atoms. The van der Waals surface area contributed by atoms with Gasteiger partial charge in [-0.15, -0.1) is 17.9 Å². The summed E-state index contributed by atoms with van der Waals surface area (Å²) in [7, 11) is 0. The Labute approximate surface area is 135 Å². The predicted octanol–water partition coefficient (Wildman–Crippen LogP) is 4.39. The third-order valence-corrected chi connectivity index (χ3v) is 4.66. The molecule has 3 nitrogen and oxygen atoms in total. The fourth-order valence-electron chi connectivity index (χ4n) is 2.59. The molecule has 0 N–H and O–H groups in total. The lowest BCUT2D eigenvalue weighted by Crippen LogP contribution is -2.14. The molecule has 4 heteroatoms. The van der Waals surface area contributed by atoms with Crippen LogP contribution in [0.4, 0.5) is 0 Å².